The predicted molar refractivity (Wildman–Crippen MR) is 54.5 cm³/mol. The Labute approximate surface area is 84.5 Å². The van der Waals surface area contributed by atoms with E-state index in [0.717, 1.165) is 0 Å². The van der Waals surface area contributed by atoms with E-state index in [1.165, 1.54) is 6.07 Å². The lowest BCUT2D eigenvalue weighted by Gasteiger charge is -2.08. The van der Waals surface area contributed by atoms with Crippen molar-refractivity contribution in [2.45, 2.75) is 18.7 Å². The summed E-state index contributed by atoms with van der Waals surface area (Å²) in [6.45, 7) is 3.89. The van der Waals surface area contributed by atoms with Crippen molar-refractivity contribution in [1.82, 2.24) is 0 Å². The van der Waals surface area contributed by atoms with Crippen molar-refractivity contribution >= 4 is 10.1 Å². The number of hydrogen-bond acceptors (Lipinski definition) is 2. The van der Waals surface area contributed by atoms with Gasteiger partial charge in [0.15, 0.2) is 0 Å². The lowest BCUT2D eigenvalue weighted by molar-refractivity contribution is 0.482. The van der Waals surface area contributed by atoms with Crippen LogP contribution in [0.3, 0.4) is 0 Å². The van der Waals surface area contributed by atoms with Crippen LogP contribution >= 0.6 is 0 Å². The average molecular weight is 213 g/mol. The van der Waals surface area contributed by atoms with E-state index in [0.29, 0.717) is 5.56 Å². The zero-order chi connectivity index (χ0) is 10.8. The molecule has 14 heavy (non-hydrogen) atoms. The number of benzene rings is 1. The molecular weight excluding hydrogens is 200 g/mol. The number of hydrogen-bond donors (Lipinski definition) is 1. The fraction of sp³-hybridized carbons (Fsp3) is 0.300. The van der Waals surface area contributed by atoms with Crippen LogP contribution in [0.1, 0.15) is 19.4 Å². The molecule has 77 valence electrons. The van der Waals surface area contributed by atoms with E-state index in [9.17, 15) is 8.42 Å². The van der Waals surface area contributed by atoms with E-state index in [1.54, 1.807) is 24.6 Å². The molecule has 0 aliphatic carbocycles. The molecule has 1 rings (SSSR count). The van der Waals surface area contributed by atoms with Gasteiger partial charge in [-0.15, -0.1) is 0 Å². The lowest BCUT2D eigenvalue weighted by atomic mass is 10.0. The van der Waals surface area contributed by atoms with Gasteiger partial charge in [0.05, 0.1) is 4.90 Å². The van der Waals surface area contributed by atoms with Gasteiger partial charge in [0.1, 0.15) is 0 Å². The lowest BCUT2D eigenvalue weighted by Crippen LogP contribution is -2.03. The van der Waals surface area contributed by atoms with Crippen molar-refractivity contribution in [3.63, 3.8) is 0 Å². The maximum atomic E-state index is 11.0. The molecule has 1 aromatic rings. The standard InChI is InChI=1S/C10H13O3S/c1-8(2)7-9-5-3-4-6-10(9)14(11,12)13/h3-8H,1-2H3,(H,11,12,13). The SMILES string of the molecule is CC(C)[CH]c1ccccc1S(=O)(=O)O. The van der Waals surface area contributed by atoms with Crippen LogP contribution < -0.4 is 0 Å². The molecule has 3 nitrogen and oxygen atoms in total. The third kappa shape index (κ3) is 2.82. The second-order valence-electron chi connectivity index (χ2n) is 3.42. The summed E-state index contributed by atoms with van der Waals surface area (Å²) in [6, 6.07) is 6.39. The summed E-state index contributed by atoms with van der Waals surface area (Å²) in [5.41, 5.74) is 0.546. The topological polar surface area (TPSA) is 54.4 Å². The Hall–Kier alpha value is -0.870. The molecule has 1 aromatic carbocycles. The summed E-state index contributed by atoms with van der Waals surface area (Å²) in [5.74, 6) is 0.234. The quantitative estimate of drug-likeness (QED) is 0.783. The van der Waals surface area contributed by atoms with Crippen LogP contribution in [0, 0.1) is 12.3 Å². The minimum Gasteiger partial charge on any atom is -0.282 e. The van der Waals surface area contributed by atoms with Gasteiger partial charge in [-0.2, -0.15) is 8.42 Å². The molecule has 4 heteroatoms. The molecule has 0 aliphatic rings. The van der Waals surface area contributed by atoms with Crippen LogP contribution in [0.4, 0.5) is 0 Å². The van der Waals surface area contributed by atoms with Gasteiger partial charge < -0.3 is 0 Å². The highest BCUT2D eigenvalue weighted by atomic mass is 32.2. The van der Waals surface area contributed by atoms with Crippen LogP contribution in [0.25, 0.3) is 0 Å². The molecule has 0 saturated carbocycles. The smallest absolute Gasteiger partial charge is 0.282 e. The van der Waals surface area contributed by atoms with Crippen molar-refractivity contribution < 1.29 is 13.0 Å². The summed E-state index contributed by atoms with van der Waals surface area (Å²) in [7, 11) is -4.11. The molecule has 0 unspecified atom stereocenters. The largest absolute Gasteiger partial charge is 0.294 e. The molecule has 0 fully saturated rings. The van der Waals surface area contributed by atoms with Gasteiger partial charge in [0.2, 0.25) is 0 Å². The normalized spacial score (nSPS) is 12.0. The Morgan fingerprint density at radius 1 is 1.29 bits per heavy atom. The van der Waals surface area contributed by atoms with Crippen LogP contribution in [-0.2, 0) is 10.1 Å². The Morgan fingerprint density at radius 2 is 1.86 bits per heavy atom. The Morgan fingerprint density at radius 3 is 2.36 bits per heavy atom. The van der Waals surface area contributed by atoms with E-state index >= 15 is 0 Å². The van der Waals surface area contributed by atoms with Crippen LogP contribution in [-0.4, -0.2) is 13.0 Å². The first kappa shape index (κ1) is 11.2. The minimum absolute atomic E-state index is 0.0336. The number of rotatable bonds is 3. The predicted octanol–water partition coefficient (Wildman–Crippen LogP) is 2.14. The van der Waals surface area contributed by atoms with E-state index in [1.807, 2.05) is 13.8 Å². The molecule has 0 amide bonds. The maximum Gasteiger partial charge on any atom is 0.294 e. The summed E-state index contributed by atoms with van der Waals surface area (Å²) < 4.78 is 30.9. The molecular formula is C10H13O3S. The second-order valence-corrected chi connectivity index (χ2v) is 4.81. The van der Waals surface area contributed by atoms with E-state index in [-0.39, 0.29) is 10.8 Å². The van der Waals surface area contributed by atoms with Gasteiger partial charge >= 0.3 is 0 Å². The third-order valence-corrected chi connectivity index (χ3v) is 2.64. The summed E-state index contributed by atoms with van der Waals surface area (Å²) >= 11 is 0. The highest BCUT2D eigenvalue weighted by Gasteiger charge is 2.14. The first-order chi connectivity index (χ1) is 6.41. The summed E-state index contributed by atoms with van der Waals surface area (Å²) in [4.78, 5) is -0.0336. The molecule has 0 bridgehead atoms. The van der Waals surface area contributed by atoms with Crippen molar-refractivity contribution in [3.8, 4) is 0 Å². The summed E-state index contributed by atoms with van der Waals surface area (Å²) in [6.07, 6.45) is 1.79. The molecule has 0 spiro atoms. The monoisotopic (exact) mass is 213 g/mol. The van der Waals surface area contributed by atoms with Gasteiger partial charge in [0.25, 0.3) is 10.1 Å². The second kappa shape index (κ2) is 4.11. The van der Waals surface area contributed by atoms with E-state index < -0.39 is 10.1 Å². The molecule has 0 aromatic heterocycles. The van der Waals surface area contributed by atoms with Crippen molar-refractivity contribution in [3.05, 3.63) is 36.2 Å². The van der Waals surface area contributed by atoms with Gasteiger partial charge in [-0.1, -0.05) is 32.0 Å². The van der Waals surface area contributed by atoms with Crippen LogP contribution in [0.2, 0.25) is 0 Å². The molecule has 0 heterocycles. The fourth-order valence-corrected chi connectivity index (χ4v) is 1.90. The Kier molecular flexibility index (Phi) is 3.29. The maximum absolute atomic E-state index is 11.0. The summed E-state index contributed by atoms with van der Waals surface area (Å²) in [5, 5.41) is 0. The van der Waals surface area contributed by atoms with Crippen LogP contribution in [0.15, 0.2) is 29.2 Å². The Bertz CT molecular complexity index is 407. The zero-order valence-corrected chi connectivity index (χ0v) is 8.95. The average Bonchev–Trinajstić information content (AvgIpc) is 2.01. The minimum atomic E-state index is -4.11. The van der Waals surface area contributed by atoms with Crippen LogP contribution in [0.5, 0.6) is 0 Å². The third-order valence-electron chi connectivity index (χ3n) is 1.71. The van der Waals surface area contributed by atoms with Crippen molar-refractivity contribution in [1.29, 1.82) is 0 Å². The fourth-order valence-electron chi connectivity index (χ4n) is 1.21. The van der Waals surface area contributed by atoms with Crippen molar-refractivity contribution in [2.24, 2.45) is 5.92 Å². The highest BCUT2D eigenvalue weighted by Crippen LogP contribution is 2.19. The van der Waals surface area contributed by atoms with Gasteiger partial charge in [-0.25, -0.2) is 0 Å². The molecule has 0 aliphatic heterocycles. The highest BCUT2D eigenvalue weighted by molar-refractivity contribution is 7.85. The van der Waals surface area contributed by atoms with Crippen molar-refractivity contribution in [2.75, 3.05) is 0 Å². The van der Waals surface area contributed by atoms with Gasteiger partial charge in [0, 0.05) is 0 Å². The zero-order valence-electron chi connectivity index (χ0n) is 8.14. The van der Waals surface area contributed by atoms with E-state index in [2.05, 4.69) is 0 Å². The molecule has 1 radical (unpaired) electrons. The first-order valence-electron chi connectivity index (χ1n) is 4.32. The molecule has 1 N–H and O–H groups in total. The van der Waals surface area contributed by atoms with E-state index in [4.69, 9.17) is 4.55 Å². The van der Waals surface area contributed by atoms with Gasteiger partial charge in [-0.3, -0.25) is 4.55 Å². The molecule has 0 saturated heterocycles. The first-order valence-corrected chi connectivity index (χ1v) is 5.76. The molecule has 0 atom stereocenters. The van der Waals surface area contributed by atoms with Gasteiger partial charge in [-0.05, 0) is 24.0 Å². The Balaban J connectivity index is 3.17.